The molecule has 1 saturated heterocycles. The Kier molecular flexibility index (Phi) is 5.37. The lowest BCUT2D eigenvalue weighted by Gasteiger charge is -2.31. The van der Waals surface area contributed by atoms with E-state index in [1.807, 2.05) is 48.5 Å². The van der Waals surface area contributed by atoms with Crippen LogP contribution in [0.3, 0.4) is 0 Å². The van der Waals surface area contributed by atoms with E-state index < -0.39 is 0 Å². The molecule has 1 aromatic heterocycles. The van der Waals surface area contributed by atoms with Crippen molar-refractivity contribution in [3.8, 4) is 5.75 Å². The van der Waals surface area contributed by atoms with Gasteiger partial charge in [0.2, 0.25) is 0 Å². The highest BCUT2D eigenvalue weighted by Crippen LogP contribution is 2.25. The average molecular weight is 376 g/mol. The Balaban J connectivity index is 1.38. The Hall–Kier alpha value is -3.15. The Labute approximate surface area is 164 Å². The van der Waals surface area contributed by atoms with Gasteiger partial charge in [-0.15, -0.1) is 0 Å². The molecule has 28 heavy (non-hydrogen) atoms. The predicted molar refractivity (Wildman–Crippen MR) is 111 cm³/mol. The van der Waals surface area contributed by atoms with E-state index in [9.17, 15) is 4.79 Å². The molecule has 0 aliphatic carbocycles. The van der Waals surface area contributed by atoms with E-state index >= 15 is 0 Å². The van der Waals surface area contributed by atoms with E-state index in [1.165, 1.54) is 6.33 Å². The van der Waals surface area contributed by atoms with E-state index in [2.05, 4.69) is 27.1 Å². The van der Waals surface area contributed by atoms with Crippen molar-refractivity contribution in [2.75, 3.05) is 29.9 Å². The SMILES string of the molecule is CC1CCN(c2cc(NC(=O)COc3cccc4ccccc34)ncn2)CC1. The van der Waals surface area contributed by atoms with Gasteiger partial charge in [0, 0.05) is 24.5 Å². The van der Waals surface area contributed by atoms with Crippen molar-refractivity contribution in [3.05, 3.63) is 54.9 Å². The van der Waals surface area contributed by atoms with Crippen molar-refractivity contribution in [2.24, 2.45) is 5.92 Å². The molecule has 0 unspecified atom stereocenters. The average Bonchev–Trinajstić information content (AvgIpc) is 2.73. The Morgan fingerprint density at radius 2 is 1.93 bits per heavy atom. The first-order valence-electron chi connectivity index (χ1n) is 9.66. The maximum Gasteiger partial charge on any atom is 0.263 e. The van der Waals surface area contributed by atoms with Crippen LogP contribution in [0.1, 0.15) is 19.8 Å². The molecule has 1 aliphatic heterocycles. The highest BCUT2D eigenvalue weighted by atomic mass is 16.5. The van der Waals surface area contributed by atoms with Crippen LogP contribution in [0.2, 0.25) is 0 Å². The number of benzene rings is 2. The molecular weight excluding hydrogens is 352 g/mol. The Morgan fingerprint density at radius 1 is 1.14 bits per heavy atom. The van der Waals surface area contributed by atoms with Crippen LogP contribution < -0.4 is 15.0 Å². The van der Waals surface area contributed by atoms with Crippen molar-refractivity contribution in [1.82, 2.24) is 9.97 Å². The normalized spacial score (nSPS) is 14.8. The minimum Gasteiger partial charge on any atom is -0.483 e. The second-order valence-corrected chi connectivity index (χ2v) is 7.25. The summed E-state index contributed by atoms with van der Waals surface area (Å²) in [4.78, 5) is 23.1. The number of nitrogens with one attached hydrogen (secondary N) is 1. The monoisotopic (exact) mass is 376 g/mol. The maximum absolute atomic E-state index is 12.3. The molecular formula is C22H24N4O2. The molecule has 0 spiro atoms. The van der Waals surface area contributed by atoms with Crippen LogP contribution in [0.15, 0.2) is 54.9 Å². The zero-order valence-electron chi connectivity index (χ0n) is 16.0. The number of nitrogens with zero attached hydrogens (tertiary/aromatic N) is 3. The van der Waals surface area contributed by atoms with Gasteiger partial charge in [-0.1, -0.05) is 43.3 Å². The van der Waals surface area contributed by atoms with Crippen molar-refractivity contribution >= 4 is 28.3 Å². The van der Waals surface area contributed by atoms with Gasteiger partial charge < -0.3 is 15.0 Å². The number of fused-ring (bicyclic) bond motifs is 1. The fourth-order valence-electron chi connectivity index (χ4n) is 3.47. The van der Waals surface area contributed by atoms with Gasteiger partial charge in [0.15, 0.2) is 6.61 Å². The molecule has 6 heteroatoms. The second-order valence-electron chi connectivity index (χ2n) is 7.25. The first kappa shape index (κ1) is 18.2. The first-order valence-corrected chi connectivity index (χ1v) is 9.66. The number of piperidine rings is 1. The quantitative estimate of drug-likeness (QED) is 0.732. The third-order valence-corrected chi connectivity index (χ3v) is 5.14. The summed E-state index contributed by atoms with van der Waals surface area (Å²) in [6.45, 7) is 4.17. The molecule has 0 atom stereocenters. The molecule has 144 valence electrons. The minimum absolute atomic E-state index is 0.0748. The molecule has 1 amide bonds. The largest absolute Gasteiger partial charge is 0.483 e. The number of amides is 1. The zero-order chi connectivity index (χ0) is 19.3. The van der Waals surface area contributed by atoms with Crippen molar-refractivity contribution < 1.29 is 9.53 Å². The summed E-state index contributed by atoms with van der Waals surface area (Å²) in [6.07, 6.45) is 3.81. The third kappa shape index (κ3) is 4.22. The van der Waals surface area contributed by atoms with Gasteiger partial charge in [-0.3, -0.25) is 4.79 Å². The molecule has 6 nitrogen and oxygen atoms in total. The Bertz CT molecular complexity index is 962. The number of hydrogen-bond acceptors (Lipinski definition) is 5. The highest BCUT2D eigenvalue weighted by Gasteiger charge is 2.17. The fourth-order valence-corrected chi connectivity index (χ4v) is 3.47. The summed E-state index contributed by atoms with van der Waals surface area (Å²) in [6, 6.07) is 15.6. The zero-order valence-corrected chi connectivity index (χ0v) is 16.0. The van der Waals surface area contributed by atoms with Gasteiger partial charge in [0.05, 0.1) is 0 Å². The molecule has 0 bridgehead atoms. The van der Waals surface area contributed by atoms with Crippen LogP contribution in [-0.2, 0) is 4.79 Å². The first-order chi connectivity index (χ1) is 13.7. The lowest BCUT2D eigenvalue weighted by molar-refractivity contribution is -0.118. The number of carbonyl (C=O) groups is 1. The molecule has 3 aromatic rings. The van der Waals surface area contributed by atoms with Crippen molar-refractivity contribution in [3.63, 3.8) is 0 Å². The summed E-state index contributed by atoms with van der Waals surface area (Å²) < 4.78 is 5.75. The molecule has 0 radical (unpaired) electrons. The lowest BCUT2D eigenvalue weighted by atomic mass is 9.99. The minimum atomic E-state index is -0.246. The smallest absolute Gasteiger partial charge is 0.263 e. The molecule has 1 fully saturated rings. The Morgan fingerprint density at radius 3 is 2.79 bits per heavy atom. The second kappa shape index (κ2) is 8.25. The fraction of sp³-hybridized carbons (Fsp3) is 0.318. The number of aromatic nitrogens is 2. The number of rotatable bonds is 5. The predicted octanol–water partition coefficient (Wildman–Crippen LogP) is 3.88. The van der Waals surface area contributed by atoms with E-state index in [4.69, 9.17) is 4.74 Å². The van der Waals surface area contributed by atoms with Gasteiger partial charge >= 0.3 is 0 Å². The number of ether oxygens (including phenoxy) is 1. The van der Waals surface area contributed by atoms with Gasteiger partial charge in [-0.2, -0.15) is 0 Å². The van der Waals surface area contributed by atoms with E-state index in [-0.39, 0.29) is 12.5 Å². The topological polar surface area (TPSA) is 67.4 Å². The lowest BCUT2D eigenvalue weighted by Crippen LogP contribution is -2.33. The molecule has 2 heterocycles. The van der Waals surface area contributed by atoms with Crippen LogP contribution in [0, 0.1) is 5.92 Å². The van der Waals surface area contributed by atoms with Crippen molar-refractivity contribution in [2.45, 2.75) is 19.8 Å². The number of anilines is 2. The van der Waals surface area contributed by atoms with Gasteiger partial charge in [0.25, 0.3) is 5.91 Å². The van der Waals surface area contributed by atoms with Crippen LogP contribution in [-0.4, -0.2) is 35.6 Å². The molecule has 1 aliphatic rings. The summed E-state index contributed by atoms with van der Waals surface area (Å²) >= 11 is 0. The molecule has 4 rings (SSSR count). The maximum atomic E-state index is 12.3. The number of carbonyl (C=O) groups excluding carboxylic acids is 1. The van der Waals surface area contributed by atoms with E-state index in [0.29, 0.717) is 11.6 Å². The molecule has 0 saturated carbocycles. The summed E-state index contributed by atoms with van der Waals surface area (Å²) in [7, 11) is 0. The van der Waals surface area contributed by atoms with Gasteiger partial charge in [0.1, 0.15) is 23.7 Å². The summed E-state index contributed by atoms with van der Waals surface area (Å²) in [5.74, 6) is 2.55. The van der Waals surface area contributed by atoms with Crippen LogP contribution >= 0.6 is 0 Å². The van der Waals surface area contributed by atoms with E-state index in [0.717, 1.165) is 48.4 Å². The third-order valence-electron chi connectivity index (χ3n) is 5.14. The van der Waals surface area contributed by atoms with Crippen LogP contribution in [0.5, 0.6) is 5.75 Å². The standard InChI is InChI=1S/C22H24N4O2/c1-16-9-11-26(12-10-16)21-13-20(23-15-24-21)25-22(27)14-28-19-8-4-6-17-5-2-3-7-18(17)19/h2-8,13,15-16H,9-12,14H2,1H3,(H,23,24,25,27). The van der Waals surface area contributed by atoms with Crippen molar-refractivity contribution in [1.29, 1.82) is 0 Å². The van der Waals surface area contributed by atoms with E-state index in [1.54, 1.807) is 0 Å². The molecule has 2 aromatic carbocycles. The van der Waals surface area contributed by atoms with Gasteiger partial charge in [-0.05, 0) is 30.2 Å². The molecule has 1 N–H and O–H groups in total. The van der Waals surface area contributed by atoms with Crippen LogP contribution in [0.25, 0.3) is 10.8 Å². The van der Waals surface area contributed by atoms with Crippen LogP contribution in [0.4, 0.5) is 11.6 Å². The summed E-state index contributed by atoms with van der Waals surface area (Å²) in [5, 5.41) is 4.87. The summed E-state index contributed by atoms with van der Waals surface area (Å²) in [5.41, 5.74) is 0. The number of hydrogen-bond donors (Lipinski definition) is 1. The van der Waals surface area contributed by atoms with Gasteiger partial charge in [-0.25, -0.2) is 9.97 Å². The highest BCUT2D eigenvalue weighted by molar-refractivity contribution is 5.92.